The van der Waals surface area contributed by atoms with Crippen molar-refractivity contribution in [2.24, 2.45) is 11.8 Å². The van der Waals surface area contributed by atoms with E-state index in [1.807, 2.05) is 0 Å². The minimum atomic E-state index is -0.959. The molecular weight excluding hydrogens is 318 g/mol. The lowest BCUT2D eigenvalue weighted by atomic mass is 9.85. The Morgan fingerprint density at radius 2 is 1.74 bits per heavy atom. The van der Waals surface area contributed by atoms with Crippen LogP contribution in [0, 0.1) is 11.8 Å². The standard InChI is InChI=1S/C12H12BrNO5/c1-12(2,13)11(17)19-14-9(15)7-5-3-4-6(18-5)8(7)10(14)16/h3-8H,1-2H3/t5-,6+,7-,8+. The van der Waals surface area contributed by atoms with Gasteiger partial charge in [0, 0.05) is 0 Å². The van der Waals surface area contributed by atoms with E-state index in [2.05, 4.69) is 15.9 Å². The fourth-order valence-corrected chi connectivity index (χ4v) is 2.63. The molecule has 2 saturated heterocycles. The molecule has 4 atom stereocenters. The summed E-state index contributed by atoms with van der Waals surface area (Å²) in [6.07, 6.45) is 2.78. The Morgan fingerprint density at radius 3 is 2.16 bits per heavy atom. The molecule has 7 heteroatoms. The second-order valence-electron chi connectivity index (χ2n) is 5.32. The molecule has 0 saturated carbocycles. The van der Waals surface area contributed by atoms with Crippen LogP contribution in [0.15, 0.2) is 12.2 Å². The maximum atomic E-state index is 12.1. The van der Waals surface area contributed by atoms with Gasteiger partial charge in [-0.1, -0.05) is 28.1 Å². The summed E-state index contributed by atoms with van der Waals surface area (Å²) < 4.78 is 4.51. The molecule has 2 bridgehead atoms. The van der Waals surface area contributed by atoms with Crippen LogP contribution in [0.2, 0.25) is 0 Å². The van der Waals surface area contributed by atoms with E-state index >= 15 is 0 Å². The number of carbonyl (C=O) groups is 3. The third kappa shape index (κ3) is 1.75. The van der Waals surface area contributed by atoms with Gasteiger partial charge >= 0.3 is 5.97 Å². The number of hydrogen-bond acceptors (Lipinski definition) is 5. The molecule has 0 unspecified atom stereocenters. The number of fused-ring (bicyclic) bond motifs is 5. The minimum absolute atomic E-state index is 0.382. The number of hydroxylamine groups is 2. The fourth-order valence-electron chi connectivity index (χ4n) is 2.56. The first-order valence-corrected chi connectivity index (χ1v) is 6.73. The van der Waals surface area contributed by atoms with Crippen molar-refractivity contribution in [2.45, 2.75) is 30.4 Å². The van der Waals surface area contributed by atoms with Crippen molar-refractivity contribution in [1.29, 1.82) is 0 Å². The van der Waals surface area contributed by atoms with Crippen LogP contribution in [0.1, 0.15) is 13.8 Å². The SMILES string of the molecule is CC(C)(Br)C(=O)ON1C(=O)[C@@H]2[C@H](C1=O)[C@H]1C=C[C@@H]2O1. The molecule has 3 aliphatic rings. The minimum Gasteiger partial charge on any atom is -0.365 e. The molecule has 3 aliphatic heterocycles. The summed E-state index contributed by atoms with van der Waals surface area (Å²) in [4.78, 5) is 41.0. The van der Waals surface area contributed by atoms with Crippen molar-refractivity contribution >= 4 is 33.7 Å². The number of halogens is 1. The van der Waals surface area contributed by atoms with Crippen LogP contribution >= 0.6 is 15.9 Å². The van der Waals surface area contributed by atoms with E-state index in [1.54, 1.807) is 26.0 Å². The first kappa shape index (κ1) is 12.8. The summed E-state index contributed by atoms with van der Waals surface area (Å²) in [6, 6.07) is 0. The second-order valence-corrected chi connectivity index (χ2v) is 7.31. The second kappa shape index (κ2) is 3.89. The molecular formula is C12H12BrNO5. The number of hydrogen-bond donors (Lipinski definition) is 0. The zero-order valence-corrected chi connectivity index (χ0v) is 11.9. The average Bonchev–Trinajstić information content (AvgIpc) is 2.97. The van der Waals surface area contributed by atoms with Crippen LogP contribution < -0.4 is 0 Å². The van der Waals surface area contributed by atoms with Gasteiger partial charge in [-0.05, 0) is 13.8 Å². The maximum absolute atomic E-state index is 12.1. The molecule has 102 valence electrons. The number of carbonyl (C=O) groups excluding carboxylic acids is 3. The van der Waals surface area contributed by atoms with Crippen LogP contribution in [-0.4, -0.2) is 39.4 Å². The Balaban J connectivity index is 1.81. The fraction of sp³-hybridized carbons (Fsp3) is 0.583. The Bertz CT molecular complexity index is 479. The molecule has 2 amide bonds. The van der Waals surface area contributed by atoms with Gasteiger partial charge in [-0.2, -0.15) is 0 Å². The quantitative estimate of drug-likeness (QED) is 0.420. The van der Waals surface area contributed by atoms with Gasteiger partial charge in [0.25, 0.3) is 11.8 Å². The molecule has 0 spiro atoms. The summed E-state index contributed by atoms with van der Waals surface area (Å²) in [5.41, 5.74) is 0. The number of ether oxygens (including phenoxy) is 1. The van der Waals surface area contributed by atoms with Crippen molar-refractivity contribution < 1.29 is 24.0 Å². The summed E-state index contributed by atoms with van der Waals surface area (Å²) >= 11 is 3.13. The van der Waals surface area contributed by atoms with E-state index in [4.69, 9.17) is 9.57 Å². The zero-order valence-electron chi connectivity index (χ0n) is 10.3. The Hall–Kier alpha value is -1.21. The van der Waals surface area contributed by atoms with E-state index < -0.39 is 33.9 Å². The lowest BCUT2D eigenvalue weighted by molar-refractivity contribution is -0.201. The highest BCUT2D eigenvalue weighted by atomic mass is 79.9. The van der Waals surface area contributed by atoms with Gasteiger partial charge < -0.3 is 9.57 Å². The van der Waals surface area contributed by atoms with Crippen LogP contribution in [0.4, 0.5) is 0 Å². The molecule has 3 heterocycles. The van der Waals surface area contributed by atoms with Crippen molar-refractivity contribution in [1.82, 2.24) is 5.06 Å². The van der Waals surface area contributed by atoms with Crippen molar-refractivity contribution in [3.63, 3.8) is 0 Å². The van der Waals surface area contributed by atoms with Gasteiger partial charge in [-0.25, -0.2) is 4.79 Å². The van der Waals surface area contributed by atoms with E-state index in [-0.39, 0.29) is 12.2 Å². The highest BCUT2D eigenvalue weighted by molar-refractivity contribution is 9.10. The molecule has 0 aromatic carbocycles. The first-order valence-electron chi connectivity index (χ1n) is 5.93. The summed E-state index contributed by atoms with van der Waals surface area (Å²) in [5.74, 6) is -2.81. The van der Waals surface area contributed by atoms with E-state index in [9.17, 15) is 14.4 Å². The summed E-state index contributed by atoms with van der Waals surface area (Å²) in [5, 5.41) is 0.593. The van der Waals surface area contributed by atoms with E-state index in [0.717, 1.165) is 0 Å². The molecule has 19 heavy (non-hydrogen) atoms. The lowest BCUT2D eigenvalue weighted by Crippen LogP contribution is -2.40. The highest BCUT2D eigenvalue weighted by Gasteiger charge is 2.62. The normalized spacial score (nSPS) is 36.1. The monoisotopic (exact) mass is 329 g/mol. The number of nitrogens with zero attached hydrogens (tertiary/aromatic N) is 1. The third-order valence-corrected chi connectivity index (χ3v) is 3.85. The first-order chi connectivity index (χ1) is 8.80. The molecule has 6 nitrogen and oxygen atoms in total. The maximum Gasteiger partial charge on any atom is 0.349 e. The van der Waals surface area contributed by atoms with Gasteiger partial charge in [0.1, 0.15) is 4.32 Å². The van der Waals surface area contributed by atoms with Gasteiger partial charge in [0.2, 0.25) is 0 Å². The predicted octanol–water partition coefficient (Wildman–Crippen LogP) is 0.556. The lowest BCUT2D eigenvalue weighted by Gasteiger charge is -2.20. The van der Waals surface area contributed by atoms with Crippen LogP contribution in [0.3, 0.4) is 0 Å². The highest BCUT2D eigenvalue weighted by Crippen LogP contribution is 2.45. The largest absolute Gasteiger partial charge is 0.365 e. The van der Waals surface area contributed by atoms with Crippen molar-refractivity contribution in [3.05, 3.63) is 12.2 Å². The number of rotatable bonds is 2. The summed E-state index contributed by atoms with van der Waals surface area (Å²) in [6.45, 7) is 3.16. The molecule has 0 radical (unpaired) electrons. The number of alkyl halides is 1. The van der Waals surface area contributed by atoms with Crippen LogP contribution in [-0.2, 0) is 24.0 Å². The van der Waals surface area contributed by atoms with E-state index in [1.165, 1.54) is 0 Å². The Labute approximate surface area is 117 Å². The molecule has 3 rings (SSSR count). The van der Waals surface area contributed by atoms with Crippen LogP contribution in [0.25, 0.3) is 0 Å². The zero-order chi connectivity index (χ0) is 13.9. The molecule has 0 aromatic heterocycles. The third-order valence-electron chi connectivity index (χ3n) is 3.53. The Morgan fingerprint density at radius 1 is 1.26 bits per heavy atom. The van der Waals surface area contributed by atoms with Gasteiger partial charge in [-0.15, -0.1) is 5.06 Å². The smallest absolute Gasteiger partial charge is 0.349 e. The molecule has 0 aliphatic carbocycles. The number of amides is 2. The Kier molecular flexibility index (Phi) is 2.62. The molecule has 0 N–H and O–H groups in total. The number of imide groups is 1. The molecule has 0 aromatic rings. The summed E-state index contributed by atoms with van der Waals surface area (Å²) in [7, 11) is 0. The van der Waals surface area contributed by atoms with Crippen LogP contribution in [0.5, 0.6) is 0 Å². The van der Waals surface area contributed by atoms with Crippen molar-refractivity contribution in [2.75, 3.05) is 0 Å². The van der Waals surface area contributed by atoms with Gasteiger partial charge in [0.05, 0.1) is 24.0 Å². The van der Waals surface area contributed by atoms with Gasteiger partial charge in [0.15, 0.2) is 0 Å². The van der Waals surface area contributed by atoms with Crippen molar-refractivity contribution in [3.8, 4) is 0 Å². The topological polar surface area (TPSA) is 72.9 Å². The van der Waals surface area contributed by atoms with E-state index in [0.29, 0.717) is 5.06 Å². The molecule has 2 fully saturated rings. The predicted molar refractivity (Wildman–Crippen MR) is 65.7 cm³/mol. The average molecular weight is 330 g/mol. The van der Waals surface area contributed by atoms with Gasteiger partial charge in [-0.3, -0.25) is 9.59 Å².